The minimum atomic E-state index is 0.0527. The van der Waals surface area contributed by atoms with Gasteiger partial charge in [0.25, 0.3) is 0 Å². The van der Waals surface area contributed by atoms with Gasteiger partial charge in [-0.1, -0.05) is 11.8 Å². The highest BCUT2D eigenvalue weighted by molar-refractivity contribution is 8.14. The molecule has 0 atom stereocenters. The smallest absolute Gasteiger partial charge is 0.192 e. The van der Waals surface area contributed by atoms with Gasteiger partial charge in [0.05, 0.1) is 4.87 Å². The Morgan fingerprint density at radius 2 is 1.94 bits per heavy atom. The van der Waals surface area contributed by atoms with E-state index in [1.165, 1.54) is 0 Å². The van der Waals surface area contributed by atoms with E-state index >= 15 is 0 Å². The molecule has 1 N–H and O–H groups in total. The monoisotopic (exact) mass is 242 g/mol. The van der Waals surface area contributed by atoms with Crippen molar-refractivity contribution in [2.45, 2.75) is 50.4 Å². The third kappa shape index (κ3) is 2.60. The summed E-state index contributed by atoms with van der Waals surface area (Å²) in [7, 11) is 0. The van der Waals surface area contributed by atoms with E-state index in [2.05, 4.69) is 31.0 Å². The maximum Gasteiger partial charge on any atom is 0.192 e. The largest absolute Gasteiger partial charge is 0.302 e. The lowest BCUT2D eigenvalue weighted by atomic mass is 9.97. The van der Waals surface area contributed by atoms with Crippen LogP contribution in [0, 0.1) is 0 Å². The number of nitrogens with one attached hydrogen (secondary N) is 1. The molecule has 0 aromatic carbocycles. The molecule has 1 spiro atoms. The van der Waals surface area contributed by atoms with E-state index in [0.29, 0.717) is 11.5 Å². The van der Waals surface area contributed by atoms with Gasteiger partial charge in [0.1, 0.15) is 0 Å². The Balaban J connectivity index is 1.96. The van der Waals surface area contributed by atoms with Gasteiger partial charge in [-0.3, -0.25) is 9.69 Å². The molecule has 2 aliphatic heterocycles. The molecule has 0 bridgehead atoms. The van der Waals surface area contributed by atoms with Crippen molar-refractivity contribution < 1.29 is 4.79 Å². The zero-order chi connectivity index (χ0) is 11.8. The van der Waals surface area contributed by atoms with Gasteiger partial charge in [-0.2, -0.15) is 0 Å². The number of hydrogen-bond acceptors (Lipinski definition) is 4. The molecule has 0 radical (unpaired) electrons. The molecular weight excluding hydrogens is 220 g/mol. The lowest BCUT2D eigenvalue weighted by molar-refractivity contribution is -0.111. The molecule has 16 heavy (non-hydrogen) atoms. The number of rotatable bonds is 0. The molecular formula is C12H22N2OS. The summed E-state index contributed by atoms with van der Waals surface area (Å²) >= 11 is 1.55. The Kier molecular flexibility index (Phi) is 3.34. The van der Waals surface area contributed by atoms with Gasteiger partial charge in [0.15, 0.2) is 5.12 Å². The van der Waals surface area contributed by atoms with Gasteiger partial charge in [-0.15, -0.1) is 0 Å². The number of carbonyl (C=O) groups excluding carboxylic acids is 1. The van der Waals surface area contributed by atoms with Crippen LogP contribution < -0.4 is 5.32 Å². The van der Waals surface area contributed by atoms with Crippen molar-refractivity contribution in [1.82, 2.24) is 10.2 Å². The van der Waals surface area contributed by atoms with E-state index in [1.54, 1.807) is 11.8 Å². The van der Waals surface area contributed by atoms with Crippen LogP contribution in [-0.2, 0) is 4.79 Å². The molecule has 2 saturated heterocycles. The molecule has 2 aliphatic rings. The van der Waals surface area contributed by atoms with Crippen molar-refractivity contribution in [3.05, 3.63) is 0 Å². The fraction of sp³-hybridized carbons (Fsp3) is 0.917. The molecule has 3 nitrogen and oxygen atoms in total. The van der Waals surface area contributed by atoms with Crippen LogP contribution in [-0.4, -0.2) is 40.1 Å². The summed E-state index contributed by atoms with van der Waals surface area (Å²) in [5.41, 5.74) is 0.255. The highest BCUT2D eigenvalue weighted by Gasteiger charge is 2.40. The third-order valence-corrected chi connectivity index (χ3v) is 4.98. The highest BCUT2D eigenvalue weighted by Crippen LogP contribution is 2.38. The maximum atomic E-state index is 11.5. The summed E-state index contributed by atoms with van der Waals surface area (Å²) in [6.07, 6.45) is 2.86. The first-order valence-electron chi connectivity index (χ1n) is 6.13. The molecule has 0 unspecified atom stereocenters. The normalized spacial score (nSPS) is 27.3. The molecule has 0 aromatic heterocycles. The molecule has 2 rings (SSSR count). The number of likely N-dealkylation sites (tertiary alicyclic amines) is 1. The molecule has 92 valence electrons. The number of hydrogen-bond donors (Lipinski definition) is 1. The second-order valence-electron chi connectivity index (χ2n) is 5.80. The van der Waals surface area contributed by atoms with Crippen molar-refractivity contribution in [3.8, 4) is 0 Å². The number of thioether (sulfide) groups is 1. The third-order valence-electron chi connectivity index (χ3n) is 3.61. The average molecular weight is 242 g/mol. The SMILES string of the molecule is CC(C)(C)N1CCC2(CC1)NCCC(=O)S2. The Bertz CT molecular complexity index is 277. The molecule has 2 heterocycles. The Hall–Kier alpha value is -0.0600. The Labute approximate surface area is 102 Å². The number of piperidine rings is 1. The maximum absolute atomic E-state index is 11.5. The van der Waals surface area contributed by atoms with E-state index in [1.807, 2.05) is 0 Å². The topological polar surface area (TPSA) is 32.3 Å². The predicted octanol–water partition coefficient (Wildman–Crippen LogP) is 1.83. The van der Waals surface area contributed by atoms with Crippen LogP contribution in [0.1, 0.15) is 40.0 Å². The summed E-state index contributed by atoms with van der Waals surface area (Å²) in [4.78, 5) is 14.1. The van der Waals surface area contributed by atoms with Crippen molar-refractivity contribution in [2.75, 3.05) is 19.6 Å². The van der Waals surface area contributed by atoms with Gasteiger partial charge in [0.2, 0.25) is 0 Å². The van der Waals surface area contributed by atoms with Gasteiger partial charge < -0.3 is 5.32 Å². The first-order valence-corrected chi connectivity index (χ1v) is 6.95. The van der Waals surface area contributed by atoms with Crippen LogP contribution in [0.5, 0.6) is 0 Å². The minimum Gasteiger partial charge on any atom is -0.302 e. The fourth-order valence-electron chi connectivity index (χ4n) is 2.51. The van der Waals surface area contributed by atoms with Crippen molar-refractivity contribution in [2.24, 2.45) is 0 Å². The second kappa shape index (κ2) is 4.31. The summed E-state index contributed by atoms with van der Waals surface area (Å²) in [5.74, 6) is 0. The van der Waals surface area contributed by atoms with Crippen LogP contribution in [0.4, 0.5) is 0 Å². The van der Waals surface area contributed by atoms with Gasteiger partial charge in [-0.25, -0.2) is 0 Å². The lowest BCUT2D eigenvalue weighted by Crippen LogP contribution is -2.57. The summed E-state index contributed by atoms with van der Waals surface area (Å²) in [6, 6.07) is 0. The van der Waals surface area contributed by atoms with Crippen molar-refractivity contribution >= 4 is 16.9 Å². The van der Waals surface area contributed by atoms with E-state index in [0.717, 1.165) is 32.5 Å². The first kappa shape index (κ1) is 12.4. The van der Waals surface area contributed by atoms with E-state index < -0.39 is 0 Å². The van der Waals surface area contributed by atoms with Gasteiger partial charge in [-0.05, 0) is 33.6 Å². The predicted molar refractivity (Wildman–Crippen MR) is 68.5 cm³/mol. The molecule has 4 heteroatoms. The van der Waals surface area contributed by atoms with E-state index in [-0.39, 0.29) is 10.4 Å². The molecule has 0 amide bonds. The quantitative estimate of drug-likeness (QED) is 0.702. The highest BCUT2D eigenvalue weighted by atomic mass is 32.2. The zero-order valence-electron chi connectivity index (χ0n) is 10.5. The minimum absolute atomic E-state index is 0.0527. The Morgan fingerprint density at radius 3 is 2.44 bits per heavy atom. The van der Waals surface area contributed by atoms with Crippen LogP contribution in [0.15, 0.2) is 0 Å². The summed E-state index contributed by atoms with van der Waals surface area (Å²) < 4.78 is 0. The van der Waals surface area contributed by atoms with Crippen LogP contribution >= 0.6 is 11.8 Å². The van der Waals surface area contributed by atoms with Crippen LogP contribution in [0.3, 0.4) is 0 Å². The molecule has 0 saturated carbocycles. The number of carbonyl (C=O) groups is 1. The first-order chi connectivity index (χ1) is 7.41. The molecule has 0 aromatic rings. The van der Waals surface area contributed by atoms with Gasteiger partial charge >= 0.3 is 0 Å². The summed E-state index contributed by atoms with van der Waals surface area (Å²) in [5, 5.41) is 3.92. The van der Waals surface area contributed by atoms with Gasteiger partial charge in [0, 0.05) is 31.6 Å². The van der Waals surface area contributed by atoms with E-state index in [9.17, 15) is 4.79 Å². The zero-order valence-corrected chi connectivity index (χ0v) is 11.3. The molecule has 2 fully saturated rings. The fourth-order valence-corrected chi connectivity index (χ4v) is 3.72. The Morgan fingerprint density at radius 1 is 1.31 bits per heavy atom. The number of nitrogens with zero attached hydrogens (tertiary/aromatic N) is 1. The summed E-state index contributed by atoms with van der Waals surface area (Å²) in [6.45, 7) is 9.83. The van der Waals surface area contributed by atoms with Crippen molar-refractivity contribution in [3.63, 3.8) is 0 Å². The molecule has 0 aliphatic carbocycles. The van der Waals surface area contributed by atoms with Crippen LogP contribution in [0.25, 0.3) is 0 Å². The standard InChI is InChI=1S/C12H22N2OS/c1-11(2,3)14-8-5-12(6-9-14)13-7-4-10(15)16-12/h13H,4-9H2,1-3H3. The second-order valence-corrected chi connectivity index (χ2v) is 7.24. The van der Waals surface area contributed by atoms with Crippen LogP contribution in [0.2, 0.25) is 0 Å². The lowest BCUT2D eigenvalue weighted by Gasteiger charge is -2.47. The van der Waals surface area contributed by atoms with Crippen molar-refractivity contribution in [1.29, 1.82) is 0 Å². The van der Waals surface area contributed by atoms with E-state index in [4.69, 9.17) is 0 Å². The average Bonchev–Trinajstić information content (AvgIpc) is 2.16.